The van der Waals surface area contributed by atoms with Gasteiger partial charge >= 0.3 is 0 Å². The van der Waals surface area contributed by atoms with Crippen LogP contribution in [0.15, 0.2) is 42.7 Å². The Labute approximate surface area is 98.9 Å². The van der Waals surface area contributed by atoms with E-state index in [9.17, 15) is 9.50 Å². The summed E-state index contributed by atoms with van der Waals surface area (Å²) >= 11 is 0. The Bertz CT molecular complexity index is 488. The molecule has 0 amide bonds. The van der Waals surface area contributed by atoms with Gasteiger partial charge in [0.25, 0.3) is 0 Å². The summed E-state index contributed by atoms with van der Waals surface area (Å²) in [6.07, 6.45) is 3.47. The van der Waals surface area contributed by atoms with Crippen molar-refractivity contribution in [3.63, 3.8) is 0 Å². The summed E-state index contributed by atoms with van der Waals surface area (Å²) in [6.45, 7) is 1.04. The third-order valence-corrected chi connectivity index (χ3v) is 2.41. The van der Waals surface area contributed by atoms with Crippen molar-refractivity contribution < 1.29 is 9.50 Å². The Kier molecular flexibility index (Phi) is 3.67. The molecule has 0 aliphatic rings. The largest absolute Gasteiger partial charge is 0.508 e. The van der Waals surface area contributed by atoms with Gasteiger partial charge in [-0.05, 0) is 29.8 Å². The molecule has 4 heteroatoms. The number of phenolic OH excluding ortho intramolecular Hbond substituents is 1. The number of aromatic nitrogens is 1. The van der Waals surface area contributed by atoms with Gasteiger partial charge in [-0.2, -0.15) is 0 Å². The molecule has 1 heterocycles. The van der Waals surface area contributed by atoms with Gasteiger partial charge in [0.15, 0.2) is 0 Å². The van der Waals surface area contributed by atoms with Gasteiger partial charge in [-0.15, -0.1) is 0 Å². The minimum absolute atomic E-state index is 0.102. The smallest absolute Gasteiger partial charge is 0.123 e. The Hall–Kier alpha value is -1.94. The van der Waals surface area contributed by atoms with Crippen LogP contribution >= 0.6 is 0 Å². The van der Waals surface area contributed by atoms with Gasteiger partial charge in [0.05, 0.1) is 0 Å². The summed E-state index contributed by atoms with van der Waals surface area (Å²) in [7, 11) is 0. The predicted octanol–water partition coefficient (Wildman–Crippen LogP) is 2.22. The van der Waals surface area contributed by atoms with E-state index in [0.29, 0.717) is 18.7 Å². The molecule has 1 aromatic heterocycles. The van der Waals surface area contributed by atoms with Crippen LogP contribution in [0.2, 0.25) is 0 Å². The molecule has 1 aromatic carbocycles. The van der Waals surface area contributed by atoms with Crippen molar-refractivity contribution in [1.29, 1.82) is 0 Å². The molecule has 2 rings (SSSR count). The maximum atomic E-state index is 12.9. The van der Waals surface area contributed by atoms with Crippen molar-refractivity contribution in [1.82, 2.24) is 10.3 Å². The summed E-state index contributed by atoms with van der Waals surface area (Å²) in [5.41, 5.74) is 1.59. The number of hydrogen-bond acceptors (Lipinski definition) is 3. The number of phenols is 1. The Morgan fingerprint density at radius 1 is 1.24 bits per heavy atom. The average Bonchev–Trinajstić information content (AvgIpc) is 2.35. The SMILES string of the molecule is Oc1ccc(F)cc1CNCc1cccnc1. The molecule has 0 fully saturated rings. The molecule has 17 heavy (non-hydrogen) atoms. The lowest BCUT2D eigenvalue weighted by molar-refractivity contribution is 0.461. The number of halogens is 1. The lowest BCUT2D eigenvalue weighted by Crippen LogP contribution is -2.13. The van der Waals surface area contributed by atoms with Crippen molar-refractivity contribution >= 4 is 0 Å². The first-order chi connectivity index (χ1) is 8.25. The third-order valence-electron chi connectivity index (χ3n) is 2.41. The lowest BCUT2D eigenvalue weighted by atomic mass is 10.2. The third kappa shape index (κ3) is 3.26. The molecular weight excluding hydrogens is 219 g/mol. The van der Waals surface area contributed by atoms with Gasteiger partial charge in [-0.3, -0.25) is 4.98 Å². The number of benzene rings is 1. The molecule has 88 valence electrons. The average molecular weight is 232 g/mol. The fraction of sp³-hybridized carbons (Fsp3) is 0.154. The van der Waals surface area contributed by atoms with Crippen molar-refractivity contribution in [3.8, 4) is 5.75 Å². The second kappa shape index (κ2) is 5.41. The van der Waals surface area contributed by atoms with E-state index < -0.39 is 0 Å². The second-order valence-electron chi connectivity index (χ2n) is 3.74. The van der Waals surface area contributed by atoms with Crippen LogP contribution in [-0.4, -0.2) is 10.1 Å². The Morgan fingerprint density at radius 3 is 2.88 bits per heavy atom. The van der Waals surface area contributed by atoms with Crippen LogP contribution in [0.5, 0.6) is 5.75 Å². The first kappa shape index (κ1) is 11.5. The molecule has 0 radical (unpaired) electrons. The van der Waals surface area contributed by atoms with Gasteiger partial charge in [0.2, 0.25) is 0 Å². The molecule has 0 saturated heterocycles. The van der Waals surface area contributed by atoms with Crippen LogP contribution in [-0.2, 0) is 13.1 Å². The predicted molar refractivity (Wildman–Crippen MR) is 62.8 cm³/mol. The highest BCUT2D eigenvalue weighted by atomic mass is 19.1. The van der Waals surface area contributed by atoms with Gasteiger partial charge < -0.3 is 10.4 Å². The summed E-state index contributed by atoms with van der Waals surface area (Å²) in [4.78, 5) is 3.99. The van der Waals surface area contributed by atoms with E-state index in [0.717, 1.165) is 5.56 Å². The molecule has 0 aliphatic carbocycles. The first-order valence-electron chi connectivity index (χ1n) is 5.33. The normalized spacial score (nSPS) is 10.4. The van der Waals surface area contributed by atoms with Crippen LogP contribution in [0.4, 0.5) is 4.39 Å². The van der Waals surface area contributed by atoms with E-state index in [-0.39, 0.29) is 11.6 Å². The van der Waals surface area contributed by atoms with Gasteiger partial charge in [-0.25, -0.2) is 4.39 Å². The van der Waals surface area contributed by atoms with E-state index >= 15 is 0 Å². The highest BCUT2D eigenvalue weighted by molar-refractivity contribution is 5.32. The molecule has 0 spiro atoms. The minimum atomic E-state index is -0.346. The number of pyridine rings is 1. The Morgan fingerprint density at radius 2 is 2.12 bits per heavy atom. The number of rotatable bonds is 4. The zero-order valence-electron chi connectivity index (χ0n) is 9.23. The minimum Gasteiger partial charge on any atom is -0.508 e. The van der Waals surface area contributed by atoms with E-state index in [2.05, 4.69) is 10.3 Å². The van der Waals surface area contributed by atoms with Gasteiger partial charge in [0, 0.05) is 31.0 Å². The van der Waals surface area contributed by atoms with Gasteiger partial charge in [0.1, 0.15) is 11.6 Å². The zero-order chi connectivity index (χ0) is 12.1. The molecule has 0 unspecified atom stereocenters. The monoisotopic (exact) mass is 232 g/mol. The standard InChI is InChI=1S/C13H13FN2O/c14-12-3-4-13(17)11(6-12)9-16-8-10-2-1-5-15-7-10/h1-7,16-17H,8-9H2. The summed E-state index contributed by atoms with van der Waals surface area (Å²) in [5, 5.41) is 12.6. The van der Waals surface area contributed by atoms with Crippen LogP contribution < -0.4 is 5.32 Å². The maximum Gasteiger partial charge on any atom is 0.123 e. The highest BCUT2D eigenvalue weighted by Gasteiger charge is 2.02. The number of hydrogen-bond donors (Lipinski definition) is 2. The van der Waals surface area contributed by atoms with Crippen molar-refractivity contribution in [2.45, 2.75) is 13.1 Å². The summed E-state index contributed by atoms with van der Waals surface area (Å²) in [6, 6.07) is 7.73. The molecular formula is C13H13FN2O. The van der Waals surface area contributed by atoms with Crippen LogP contribution in [0.25, 0.3) is 0 Å². The summed E-state index contributed by atoms with van der Waals surface area (Å²) in [5.74, 6) is -0.244. The number of nitrogens with zero attached hydrogens (tertiary/aromatic N) is 1. The fourth-order valence-corrected chi connectivity index (χ4v) is 1.54. The van der Waals surface area contributed by atoms with Crippen LogP contribution in [0.1, 0.15) is 11.1 Å². The zero-order valence-corrected chi connectivity index (χ0v) is 9.23. The van der Waals surface area contributed by atoms with Crippen molar-refractivity contribution in [2.24, 2.45) is 0 Å². The van der Waals surface area contributed by atoms with E-state index in [1.807, 2.05) is 12.1 Å². The van der Waals surface area contributed by atoms with E-state index in [1.54, 1.807) is 12.4 Å². The highest BCUT2D eigenvalue weighted by Crippen LogP contribution is 2.17. The maximum absolute atomic E-state index is 12.9. The van der Waals surface area contributed by atoms with Gasteiger partial charge in [-0.1, -0.05) is 6.07 Å². The number of nitrogens with one attached hydrogen (secondary N) is 1. The fourth-order valence-electron chi connectivity index (χ4n) is 1.54. The van der Waals surface area contributed by atoms with Crippen molar-refractivity contribution in [2.75, 3.05) is 0 Å². The number of aromatic hydroxyl groups is 1. The summed E-state index contributed by atoms with van der Waals surface area (Å²) < 4.78 is 12.9. The topological polar surface area (TPSA) is 45.1 Å². The quantitative estimate of drug-likeness (QED) is 0.849. The molecule has 2 N–H and O–H groups in total. The first-order valence-corrected chi connectivity index (χ1v) is 5.33. The molecule has 2 aromatic rings. The molecule has 3 nitrogen and oxygen atoms in total. The van der Waals surface area contributed by atoms with Crippen LogP contribution in [0.3, 0.4) is 0 Å². The van der Waals surface area contributed by atoms with E-state index in [1.165, 1.54) is 18.2 Å². The molecule has 0 bridgehead atoms. The molecule has 0 aliphatic heterocycles. The molecule has 0 saturated carbocycles. The van der Waals surface area contributed by atoms with E-state index in [4.69, 9.17) is 0 Å². The van der Waals surface area contributed by atoms with Crippen LogP contribution in [0, 0.1) is 5.82 Å². The Balaban J connectivity index is 1.92. The van der Waals surface area contributed by atoms with Crippen molar-refractivity contribution in [3.05, 3.63) is 59.7 Å². The lowest BCUT2D eigenvalue weighted by Gasteiger charge is -2.06. The molecule has 0 atom stereocenters. The second-order valence-corrected chi connectivity index (χ2v) is 3.74.